The lowest BCUT2D eigenvalue weighted by Crippen LogP contribution is -2.24. The van der Waals surface area contributed by atoms with Crippen LogP contribution in [-0.4, -0.2) is 27.0 Å². The van der Waals surface area contributed by atoms with Crippen LogP contribution in [0.25, 0.3) is 0 Å². The van der Waals surface area contributed by atoms with Gasteiger partial charge in [-0.05, 0) is 17.0 Å². The van der Waals surface area contributed by atoms with Gasteiger partial charge < -0.3 is 5.73 Å². The van der Waals surface area contributed by atoms with E-state index in [4.69, 9.17) is 5.73 Å². The van der Waals surface area contributed by atoms with E-state index < -0.39 is 6.03 Å². The highest BCUT2D eigenvalue weighted by atomic mass is 32.1. The largest absolute Gasteiger partial charge is 0.350 e. The van der Waals surface area contributed by atoms with Crippen LogP contribution < -0.4 is 11.2 Å². The molecule has 7 nitrogen and oxygen atoms in total. The average Bonchev–Trinajstić information content (AvgIpc) is 2.90. The van der Waals surface area contributed by atoms with Crippen LogP contribution in [0.15, 0.2) is 29.2 Å². The van der Waals surface area contributed by atoms with Gasteiger partial charge in [-0.3, -0.25) is 0 Å². The molecule has 0 atom stereocenters. The van der Waals surface area contributed by atoms with Crippen LogP contribution in [0.1, 0.15) is 10.4 Å². The first kappa shape index (κ1) is 11.3. The van der Waals surface area contributed by atoms with Gasteiger partial charge in [-0.15, -0.1) is 11.3 Å². The molecule has 8 heteroatoms. The van der Waals surface area contributed by atoms with Gasteiger partial charge in [-0.2, -0.15) is 10.2 Å². The lowest BCUT2D eigenvalue weighted by Gasteiger charge is -1.95. The summed E-state index contributed by atoms with van der Waals surface area (Å²) in [5.41, 5.74) is 8.11. The summed E-state index contributed by atoms with van der Waals surface area (Å²) in [6.45, 7) is 0.660. The second-order valence-electron chi connectivity index (χ2n) is 3.18. The van der Waals surface area contributed by atoms with Crippen molar-refractivity contribution < 1.29 is 4.79 Å². The smallest absolute Gasteiger partial charge is 0.332 e. The Kier molecular flexibility index (Phi) is 3.46. The van der Waals surface area contributed by atoms with Crippen molar-refractivity contribution in [2.45, 2.75) is 6.54 Å². The molecule has 0 radical (unpaired) electrons. The number of amides is 2. The maximum Gasteiger partial charge on any atom is 0.332 e. The van der Waals surface area contributed by atoms with Crippen molar-refractivity contribution in [3.05, 3.63) is 34.5 Å². The second-order valence-corrected chi connectivity index (χ2v) is 4.13. The first-order chi connectivity index (χ1) is 8.24. The van der Waals surface area contributed by atoms with Gasteiger partial charge in [0.2, 0.25) is 0 Å². The van der Waals surface area contributed by atoms with E-state index >= 15 is 0 Å². The average molecular weight is 250 g/mol. The topological polar surface area (TPSA) is 98.2 Å². The van der Waals surface area contributed by atoms with Crippen molar-refractivity contribution in [2.75, 3.05) is 0 Å². The molecule has 0 spiro atoms. The molecule has 0 bridgehead atoms. The Morgan fingerprint density at radius 1 is 1.71 bits per heavy atom. The monoisotopic (exact) mass is 250 g/mol. The number of thiophene rings is 1. The fourth-order valence-electron chi connectivity index (χ4n) is 1.21. The third-order valence-corrected chi connectivity index (χ3v) is 2.77. The number of rotatable bonds is 4. The van der Waals surface area contributed by atoms with Gasteiger partial charge in [-0.1, -0.05) is 0 Å². The van der Waals surface area contributed by atoms with E-state index in [9.17, 15) is 4.79 Å². The summed E-state index contributed by atoms with van der Waals surface area (Å²) in [5.74, 6) is 0. The molecule has 0 aliphatic heterocycles. The number of nitrogens with two attached hydrogens (primary N) is 1. The first-order valence-electron chi connectivity index (χ1n) is 4.72. The zero-order valence-corrected chi connectivity index (χ0v) is 9.59. The molecule has 17 heavy (non-hydrogen) atoms. The fraction of sp³-hybridized carbons (Fsp3) is 0.111. The Balaban J connectivity index is 1.96. The summed E-state index contributed by atoms with van der Waals surface area (Å²) in [6.07, 6.45) is 4.69. The Morgan fingerprint density at radius 3 is 3.29 bits per heavy atom. The molecule has 0 fully saturated rings. The molecule has 0 saturated heterocycles. The molecule has 2 aromatic rings. The van der Waals surface area contributed by atoms with E-state index in [1.54, 1.807) is 17.2 Å². The molecular formula is C9H10N6OS. The standard InChI is InChI=1S/C9H10N6OS/c10-9(16)14-12-2-8-1-7(4-17-8)3-15-6-11-5-13-15/h1-2,4-6H,3H2,(H3,10,14,16)/b12-2+. The van der Waals surface area contributed by atoms with E-state index in [-0.39, 0.29) is 0 Å². The number of nitrogens with zero attached hydrogens (tertiary/aromatic N) is 4. The summed E-state index contributed by atoms with van der Waals surface area (Å²) in [4.78, 5) is 15.2. The molecule has 2 rings (SSSR count). The van der Waals surface area contributed by atoms with Crippen LogP contribution in [0.3, 0.4) is 0 Å². The molecule has 2 amide bonds. The van der Waals surface area contributed by atoms with E-state index in [2.05, 4.69) is 20.6 Å². The van der Waals surface area contributed by atoms with Crippen LogP contribution in [-0.2, 0) is 6.54 Å². The maximum absolute atomic E-state index is 10.4. The number of aromatic nitrogens is 3. The number of hydrogen-bond acceptors (Lipinski definition) is 5. The van der Waals surface area contributed by atoms with Crippen molar-refractivity contribution in [1.82, 2.24) is 20.2 Å². The Morgan fingerprint density at radius 2 is 2.59 bits per heavy atom. The fourth-order valence-corrected chi connectivity index (χ4v) is 1.97. The van der Waals surface area contributed by atoms with Gasteiger partial charge in [0.1, 0.15) is 12.7 Å². The third-order valence-electron chi connectivity index (χ3n) is 1.85. The van der Waals surface area contributed by atoms with Gasteiger partial charge in [0, 0.05) is 4.88 Å². The van der Waals surface area contributed by atoms with Gasteiger partial charge in [-0.25, -0.2) is 19.9 Å². The van der Waals surface area contributed by atoms with Crippen molar-refractivity contribution >= 4 is 23.6 Å². The molecular weight excluding hydrogens is 240 g/mol. The zero-order valence-electron chi connectivity index (χ0n) is 8.78. The number of carbonyl (C=O) groups excluding carboxylic acids is 1. The van der Waals surface area contributed by atoms with Crippen molar-refractivity contribution in [2.24, 2.45) is 10.8 Å². The number of hydrazone groups is 1. The molecule has 2 heterocycles. The minimum atomic E-state index is -0.680. The number of carbonyl (C=O) groups is 1. The van der Waals surface area contributed by atoms with Crippen LogP contribution in [0, 0.1) is 0 Å². The van der Waals surface area contributed by atoms with Crippen LogP contribution in [0.2, 0.25) is 0 Å². The maximum atomic E-state index is 10.4. The van der Waals surface area contributed by atoms with Gasteiger partial charge in [0.15, 0.2) is 0 Å². The van der Waals surface area contributed by atoms with E-state index in [0.29, 0.717) is 6.54 Å². The van der Waals surface area contributed by atoms with Gasteiger partial charge in [0.05, 0.1) is 12.8 Å². The number of primary amides is 1. The molecule has 88 valence electrons. The van der Waals surface area contributed by atoms with E-state index in [1.807, 2.05) is 11.4 Å². The molecule has 2 aromatic heterocycles. The normalized spacial score (nSPS) is 10.8. The Labute approximate surface area is 101 Å². The quantitative estimate of drug-likeness (QED) is 0.606. The first-order valence-corrected chi connectivity index (χ1v) is 5.60. The number of nitrogens with one attached hydrogen (secondary N) is 1. The number of urea groups is 1. The highest BCUT2D eigenvalue weighted by molar-refractivity contribution is 7.11. The molecule has 0 unspecified atom stereocenters. The van der Waals surface area contributed by atoms with Gasteiger partial charge >= 0.3 is 6.03 Å². The molecule has 3 N–H and O–H groups in total. The van der Waals surface area contributed by atoms with Crippen LogP contribution in [0.5, 0.6) is 0 Å². The van der Waals surface area contributed by atoms with Crippen LogP contribution in [0.4, 0.5) is 4.79 Å². The second kappa shape index (κ2) is 5.21. The Bertz CT molecular complexity index is 517. The lowest BCUT2D eigenvalue weighted by molar-refractivity contribution is 0.249. The predicted octanol–water partition coefficient (Wildman–Crippen LogP) is 0.390. The number of hydrogen-bond donors (Lipinski definition) is 2. The van der Waals surface area contributed by atoms with Crippen molar-refractivity contribution in [3.8, 4) is 0 Å². The van der Waals surface area contributed by atoms with E-state index in [1.165, 1.54) is 17.7 Å². The minimum Gasteiger partial charge on any atom is -0.350 e. The lowest BCUT2D eigenvalue weighted by atomic mass is 10.3. The minimum absolute atomic E-state index is 0.660. The third kappa shape index (κ3) is 3.38. The molecule has 0 aliphatic carbocycles. The summed E-state index contributed by atoms with van der Waals surface area (Å²) >= 11 is 1.52. The molecule has 0 aliphatic rings. The summed E-state index contributed by atoms with van der Waals surface area (Å²) < 4.78 is 1.73. The summed E-state index contributed by atoms with van der Waals surface area (Å²) in [6, 6.07) is 1.28. The SMILES string of the molecule is NC(=O)N/N=C/c1cc(Cn2cncn2)cs1. The molecule has 0 aromatic carbocycles. The Hall–Kier alpha value is -2.22. The summed E-state index contributed by atoms with van der Waals surface area (Å²) in [5, 5.41) is 9.68. The van der Waals surface area contributed by atoms with Crippen LogP contribution >= 0.6 is 11.3 Å². The summed E-state index contributed by atoms with van der Waals surface area (Å²) in [7, 11) is 0. The molecule has 0 saturated carbocycles. The van der Waals surface area contributed by atoms with Crippen molar-refractivity contribution in [3.63, 3.8) is 0 Å². The van der Waals surface area contributed by atoms with Gasteiger partial charge in [0.25, 0.3) is 0 Å². The van der Waals surface area contributed by atoms with E-state index in [0.717, 1.165) is 10.4 Å². The van der Waals surface area contributed by atoms with Crippen molar-refractivity contribution in [1.29, 1.82) is 0 Å². The highest BCUT2D eigenvalue weighted by Crippen LogP contribution is 2.13. The zero-order chi connectivity index (χ0) is 12.1. The highest BCUT2D eigenvalue weighted by Gasteiger charge is 1.99. The predicted molar refractivity (Wildman–Crippen MR) is 63.8 cm³/mol.